The minimum absolute atomic E-state index is 0.157. The van der Waals surface area contributed by atoms with Crippen LogP contribution in [0.25, 0.3) is 0 Å². The summed E-state index contributed by atoms with van der Waals surface area (Å²) in [7, 11) is 0. The predicted molar refractivity (Wildman–Crippen MR) is 129 cm³/mol. The van der Waals surface area contributed by atoms with E-state index in [0.29, 0.717) is 0 Å². The maximum atomic E-state index is 2.45. The monoisotopic (exact) mass is 403 g/mol. The molecule has 0 spiro atoms. The first-order valence-corrected chi connectivity index (χ1v) is 10.9. The van der Waals surface area contributed by atoms with Crippen LogP contribution in [0.2, 0.25) is 0 Å². The summed E-state index contributed by atoms with van der Waals surface area (Å²) in [6, 6.07) is 39.4. The number of benzene rings is 4. The van der Waals surface area contributed by atoms with E-state index in [-0.39, 0.29) is 12.1 Å². The van der Waals surface area contributed by atoms with Crippen molar-refractivity contribution in [2.75, 3.05) is 4.90 Å². The molecular formula is C29H27N2+. The summed E-state index contributed by atoms with van der Waals surface area (Å²) in [6.45, 7) is 4.39. The van der Waals surface area contributed by atoms with Gasteiger partial charge in [0.15, 0.2) is 12.1 Å². The van der Waals surface area contributed by atoms with Crippen molar-refractivity contribution in [1.29, 1.82) is 0 Å². The van der Waals surface area contributed by atoms with Gasteiger partial charge in [-0.1, -0.05) is 97.1 Å². The van der Waals surface area contributed by atoms with Gasteiger partial charge < -0.3 is 0 Å². The summed E-state index contributed by atoms with van der Waals surface area (Å²) < 4.78 is 2.45. The Morgan fingerprint density at radius 3 is 1.77 bits per heavy atom. The van der Waals surface area contributed by atoms with Gasteiger partial charge in [-0.2, -0.15) is 0 Å². The normalized spacial score (nSPS) is 18.1. The molecule has 0 aliphatic carbocycles. The Hall–Kier alpha value is -3.65. The first kappa shape index (κ1) is 19.3. The topological polar surface area (TPSA) is 6.25 Å². The van der Waals surface area contributed by atoms with Crippen molar-refractivity contribution in [2.45, 2.75) is 25.9 Å². The minimum Gasteiger partial charge on any atom is -0.222 e. The molecule has 5 rings (SSSR count). The third-order valence-corrected chi connectivity index (χ3v) is 6.22. The Kier molecular flexibility index (Phi) is 5.13. The van der Waals surface area contributed by atoms with Gasteiger partial charge in [-0.3, -0.25) is 0 Å². The lowest BCUT2D eigenvalue weighted by molar-refractivity contribution is -0.481. The lowest BCUT2D eigenvalue weighted by Gasteiger charge is -2.25. The smallest absolute Gasteiger partial charge is 0.222 e. The van der Waals surface area contributed by atoms with Crippen molar-refractivity contribution in [3.63, 3.8) is 0 Å². The number of para-hydroxylation sites is 2. The molecule has 31 heavy (non-hydrogen) atoms. The second-order valence-corrected chi connectivity index (χ2v) is 8.21. The van der Waals surface area contributed by atoms with Gasteiger partial charge in [-0.25, -0.2) is 9.48 Å². The van der Waals surface area contributed by atoms with Crippen LogP contribution in [0.5, 0.6) is 0 Å². The van der Waals surface area contributed by atoms with Crippen LogP contribution in [0.1, 0.15) is 34.3 Å². The fraction of sp³-hybridized carbons (Fsp3) is 0.138. The Balaban J connectivity index is 1.76. The van der Waals surface area contributed by atoms with E-state index < -0.39 is 0 Å². The molecule has 4 aromatic carbocycles. The van der Waals surface area contributed by atoms with Crippen LogP contribution in [-0.2, 0) is 0 Å². The Morgan fingerprint density at radius 2 is 1.13 bits per heavy atom. The zero-order valence-electron chi connectivity index (χ0n) is 18.0. The van der Waals surface area contributed by atoms with Crippen molar-refractivity contribution in [3.8, 4) is 0 Å². The molecule has 2 nitrogen and oxygen atoms in total. The van der Waals surface area contributed by atoms with Crippen molar-refractivity contribution in [2.24, 2.45) is 0 Å². The molecule has 0 fully saturated rings. The summed E-state index contributed by atoms with van der Waals surface area (Å²) in [5.74, 6) is 0. The molecule has 4 aromatic rings. The summed E-state index contributed by atoms with van der Waals surface area (Å²) in [5.41, 5.74) is 7.66. The first-order chi connectivity index (χ1) is 15.2. The molecule has 1 aliphatic rings. The van der Waals surface area contributed by atoms with E-state index in [2.05, 4.69) is 139 Å². The maximum Gasteiger partial charge on any atom is 0.245 e. The Bertz CT molecular complexity index is 1210. The minimum atomic E-state index is 0.157. The van der Waals surface area contributed by atoms with Crippen LogP contribution in [0.3, 0.4) is 0 Å². The quantitative estimate of drug-likeness (QED) is 0.333. The average molecular weight is 404 g/mol. The molecular weight excluding hydrogens is 376 g/mol. The van der Waals surface area contributed by atoms with E-state index in [4.69, 9.17) is 0 Å². The van der Waals surface area contributed by atoms with Crippen LogP contribution < -0.4 is 4.90 Å². The molecule has 0 N–H and O–H groups in total. The molecule has 0 amide bonds. The number of hydrogen-bond donors (Lipinski definition) is 0. The Morgan fingerprint density at radius 1 is 0.581 bits per heavy atom. The van der Waals surface area contributed by atoms with Crippen LogP contribution in [0.15, 0.2) is 109 Å². The first-order valence-electron chi connectivity index (χ1n) is 10.9. The molecule has 2 heteroatoms. The molecule has 0 bridgehead atoms. The van der Waals surface area contributed by atoms with Gasteiger partial charge in [0.25, 0.3) is 0 Å². The second-order valence-electron chi connectivity index (χ2n) is 8.21. The van der Waals surface area contributed by atoms with Gasteiger partial charge in [0, 0.05) is 11.1 Å². The van der Waals surface area contributed by atoms with Gasteiger partial charge in [-0.05, 0) is 37.1 Å². The number of aryl methyl sites for hydroxylation is 2. The average Bonchev–Trinajstić information content (AvgIpc) is 3.21. The van der Waals surface area contributed by atoms with Crippen LogP contribution in [0, 0.1) is 13.8 Å². The molecule has 0 unspecified atom stereocenters. The number of hydrogen-bond acceptors (Lipinski definition) is 1. The molecule has 0 aromatic heterocycles. The highest BCUT2D eigenvalue weighted by Crippen LogP contribution is 2.45. The van der Waals surface area contributed by atoms with Gasteiger partial charge in [0.1, 0.15) is 11.4 Å². The summed E-state index contributed by atoms with van der Waals surface area (Å²) in [4.78, 5) is 2.45. The predicted octanol–water partition coefficient (Wildman–Crippen LogP) is 6.98. The third-order valence-electron chi connectivity index (χ3n) is 6.22. The SMILES string of the molecule is Cc1ccccc1N1C=[N+](c2ccccc2C)[C@H](c2ccccc2)[C@H]1c1ccccc1. The lowest BCUT2D eigenvalue weighted by atomic mass is 9.92. The fourth-order valence-electron chi connectivity index (χ4n) is 4.70. The largest absolute Gasteiger partial charge is 0.245 e. The van der Waals surface area contributed by atoms with Crippen LogP contribution in [-0.4, -0.2) is 10.9 Å². The standard InChI is InChI=1S/C29H27N2/c1-22-13-9-11-19-26(22)30-21-31(27-20-12-10-14-23(27)2)29(25-17-7-4-8-18-25)28(30)24-15-5-3-6-16-24/h3-21,28-29H,1-2H3/q+1/t28-,29-/m1/s1. The van der Waals surface area contributed by atoms with E-state index in [0.717, 1.165) is 0 Å². The van der Waals surface area contributed by atoms with Gasteiger partial charge >= 0.3 is 0 Å². The van der Waals surface area contributed by atoms with E-state index >= 15 is 0 Å². The highest BCUT2D eigenvalue weighted by atomic mass is 15.3. The van der Waals surface area contributed by atoms with E-state index in [1.54, 1.807) is 0 Å². The summed E-state index contributed by atoms with van der Waals surface area (Å²) in [6.07, 6.45) is 2.31. The van der Waals surface area contributed by atoms with Crippen LogP contribution in [0.4, 0.5) is 11.4 Å². The van der Waals surface area contributed by atoms with Crippen molar-refractivity contribution in [3.05, 3.63) is 131 Å². The summed E-state index contributed by atoms with van der Waals surface area (Å²) in [5, 5.41) is 0. The zero-order chi connectivity index (χ0) is 21.2. The van der Waals surface area contributed by atoms with Gasteiger partial charge in [0.05, 0.1) is 0 Å². The molecule has 152 valence electrons. The second kappa shape index (κ2) is 8.23. The number of rotatable bonds is 4. The van der Waals surface area contributed by atoms with Gasteiger partial charge in [-0.15, -0.1) is 0 Å². The third kappa shape index (κ3) is 3.55. The van der Waals surface area contributed by atoms with Crippen molar-refractivity contribution in [1.82, 2.24) is 0 Å². The molecule has 0 radical (unpaired) electrons. The highest BCUT2D eigenvalue weighted by molar-refractivity contribution is 5.82. The van der Waals surface area contributed by atoms with Gasteiger partial charge in [0.2, 0.25) is 6.34 Å². The van der Waals surface area contributed by atoms with Crippen LogP contribution >= 0.6 is 0 Å². The molecule has 1 aliphatic heterocycles. The molecule has 1 heterocycles. The highest BCUT2D eigenvalue weighted by Gasteiger charge is 2.46. The van der Waals surface area contributed by atoms with Crippen molar-refractivity contribution < 1.29 is 4.58 Å². The van der Waals surface area contributed by atoms with E-state index in [9.17, 15) is 0 Å². The van der Waals surface area contributed by atoms with E-state index in [1.165, 1.54) is 33.6 Å². The molecule has 0 saturated carbocycles. The molecule has 0 saturated heterocycles. The fourth-order valence-corrected chi connectivity index (χ4v) is 4.70. The Labute approximate surface area is 184 Å². The maximum absolute atomic E-state index is 2.45. The zero-order valence-corrected chi connectivity index (χ0v) is 18.0. The van der Waals surface area contributed by atoms with E-state index in [1.807, 2.05) is 0 Å². The lowest BCUT2D eigenvalue weighted by Crippen LogP contribution is -2.26. The molecule has 2 atom stereocenters. The van der Waals surface area contributed by atoms with Crippen molar-refractivity contribution >= 4 is 17.7 Å². The number of nitrogens with zero attached hydrogens (tertiary/aromatic N) is 2. The number of anilines is 1. The summed E-state index contributed by atoms with van der Waals surface area (Å²) >= 11 is 0.